The molecule has 0 bridgehead atoms. The number of aryl methyl sites for hydroxylation is 1. The van der Waals surface area contributed by atoms with E-state index in [2.05, 4.69) is 6.58 Å². The van der Waals surface area contributed by atoms with Gasteiger partial charge in [-0.2, -0.15) is 0 Å². The Labute approximate surface area is 117 Å². The summed E-state index contributed by atoms with van der Waals surface area (Å²) >= 11 is 0. The maximum absolute atomic E-state index is 12.0. The van der Waals surface area contributed by atoms with Crippen molar-refractivity contribution in [1.29, 1.82) is 0 Å². The van der Waals surface area contributed by atoms with Gasteiger partial charge in [-0.15, -0.1) is 0 Å². The maximum Gasteiger partial charge on any atom is 0.339 e. The van der Waals surface area contributed by atoms with E-state index in [1.807, 2.05) is 19.1 Å². The number of aliphatic hydroxyl groups is 1. The van der Waals surface area contributed by atoms with Crippen molar-refractivity contribution in [1.82, 2.24) is 0 Å². The molecular weight excluding hydrogens is 256 g/mol. The van der Waals surface area contributed by atoms with E-state index in [4.69, 9.17) is 9.15 Å². The zero-order valence-corrected chi connectivity index (χ0v) is 11.7. The number of rotatable bonds is 5. The van der Waals surface area contributed by atoms with Gasteiger partial charge in [-0.05, 0) is 31.5 Å². The molecule has 1 atom stereocenters. The van der Waals surface area contributed by atoms with Crippen molar-refractivity contribution in [2.45, 2.75) is 26.4 Å². The molecular formula is C16H18O4. The minimum Gasteiger partial charge on any atom is -0.489 e. The van der Waals surface area contributed by atoms with Gasteiger partial charge in [-0.3, -0.25) is 0 Å². The molecule has 0 fully saturated rings. The zero-order chi connectivity index (χ0) is 14.7. The van der Waals surface area contributed by atoms with Gasteiger partial charge in [-0.25, -0.2) is 4.79 Å². The van der Waals surface area contributed by atoms with Crippen LogP contribution in [-0.2, 0) is 6.42 Å². The molecule has 1 N–H and O–H groups in total. The average Bonchev–Trinajstić information content (AvgIpc) is 2.40. The van der Waals surface area contributed by atoms with Crippen LogP contribution in [0.2, 0.25) is 0 Å². The second-order valence-corrected chi connectivity index (χ2v) is 4.80. The van der Waals surface area contributed by atoms with Crippen LogP contribution in [0.3, 0.4) is 0 Å². The Hall–Kier alpha value is -2.07. The Balaban J connectivity index is 2.52. The summed E-state index contributed by atoms with van der Waals surface area (Å²) in [5, 5.41) is 10.3. The third-order valence-electron chi connectivity index (χ3n) is 3.13. The Kier molecular flexibility index (Phi) is 4.25. The predicted molar refractivity (Wildman–Crippen MR) is 78.3 cm³/mol. The van der Waals surface area contributed by atoms with Gasteiger partial charge < -0.3 is 14.3 Å². The summed E-state index contributed by atoms with van der Waals surface area (Å²) in [6.45, 7) is 7.49. The molecule has 4 heteroatoms. The average molecular weight is 274 g/mol. The van der Waals surface area contributed by atoms with E-state index in [0.717, 1.165) is 10.9 Å². The molecule has 0 saturated heterocycles. The lowest BCUT2D eigenvalue weighted by Crippen LogP contribution is -2.16. The highest BCUT2D eigenvalue weighted by Crippen LogP contribution is 2.24. The van der Waals surface area contributed by atoms with Crippen LogP contribution in [0.5, 0.6) is 5.75 Å². The fourth-order valence-corrected chi connectivity index (χ4v) is 2.15. The second kappa shape index (κ2) is 5.92. The van der Waals surface area contributed by atoms with E-state index in [9.17, 15) is 9.90 Å². The first kappa shape index (κ1) is 14.3. The topological polar surface area (TPSA) is 59.7 Å². The summed E-state index contributed by atoms with van der Waals surface area (Å²) in [7, 11) is 0. The van der Waals surface area contributed by atoms with Gasteiger partial charge in [0, 0.05) is 23.4 Å². The lowest BCUT2D eigenvalue weighted by molar-refractivity contribution is 0.194. The van der Waals surface area contributed by atoms with Crippen LogP contribution >= 0.6 is 0 Å². The van der Waals surface area contributed by atoms with E-state index >= 15 is 0 Å². The van der Waals surface area contributed by atoms with Crippen LogP contribution in [0.4, 0.5) is 0 Å². The fourth-order valence-electron chi connectivity index (χ4n) is 2.15. The first-order valence-electron chi connectivity index (χ1n) is 6.51. The van der Waals surface area contributed by atoms with Gasteiger partial charge in [0.25, 0.3) is 0 Å². The molecule has 0 unspecified atom stereocenters. The molecule has 0 amide bonds. The molecule has 20 heavy (non-hydrogen) atoms. The first-order chi connectivity index (χ1) is 9.52. The number of benzene rings is 1. The molecule has 0 aliphatic rings. The summed E-state index contributed by atoms with van der Waals surface area (Å²) in [4.78, 5) is 12.0. The highest BCUT2D eigenvalue weighted by Gasteiger charge is 2.13. The molecule has 1 aromatic carbocycles. The van der Waals surface area contributed by atoms with Crippen molar-refractivity contribution in [3.8, 4) is 5.75 Å². The largest absolute Gasteiger partial charge is 0.489 e. The molecule has 4 nitrogen and oxygen atoms in total. The Morgan fingerprint density at radius 3 is 2.90 bits per heavy atom. The van der Waals surface area contributed by atoms with Gasteiger partial charge in [0.1, 0.15) is 17.9 Å². The van der Waals surface area contributed by atoms with Crippen LogP contribution in [-0.4, -0.2) is 17.8 Å². The van der Waals surface area contributed by atoms with Crippen LogP contribution in [0, 0.1) is 6.92 Å². The quantitative estimate of drug-likeness (QED) is 0.672. The van der Waals surface area contributed by atoms with Crippen molar-refractivity contribution < 1.29 is 14.3 Å². The normalized spacial score (nSPS) is 12.3. The SMILES string of the molecule is C=CCOc1ccc2c(C)c(C[C@H](C)O)c(=O)oc2c1. The van der Waals surface area contributed by atoms with Crippen molar-refractivity contribution in [3.05, 3.63) is 52.4 Å². The van der Waals surface area contributed by atoms with Crippen molar-refractivity contribution >= 4 is 11.0 Å². The lowest BCUT2D eigenvalue weighted by atomic mass is 10.0. The zero-order valence-electron chi connectivity index (χ0n) is 11.7. The van der Waals surface area contributed by atoms with Crippen LogP contribution in [0.1, 0.15) is 18.1 Å². The predicted octanol–water partition coefficient (Wildman–Crippen LogP) is 2.59. The Morgan fingerprint density at radius 2 is 2.25 bits per heavy atom. The molecule has 2 aromatic rings. The molecule has 0 aliphatic heterocycles. The van der Waals surface area contributed by atoms with Gasteiger partial charge in [0.15, 0.2) is 0 Å². The van der Waals surface area contributed by atoms with Crippen LogP contribution in [0.25, 0.3) is 11.0 Å². The number of fused-ring (bicyclic) bond motifs is 1. The van der Waals surface area contributed by atoms with Gasteiger partial charge in [-0.1, -0.05) is 12.7 Å². The number of ether oxygens (including phenoxy) is 1. The molecule has 1 heterocycles. The van der Waals surface area contributed by atoms with Crippen molar-refractivity contribution in [2.75, 3.05) is 6.61 Å². The Bertz CT molecular complexity index is 683. The highest BCUT2D eigenvalue weighted by molar-refractivity contribution is 5.82. The third-order valence-corrected chi connectivity index (χ3v) is 3.13. The lowest BCUT2D eigenvalue weighted by Gasteiger charge is -2.10. The highest BCUT2D eigenvalue weighted by atomic mass is 16.5. The minimum absolute atomic E-state index is 0.290. The van der Waals surface area contributed by atoms with Crippen LogP contribution in [0.15, 0.2) is 40.1 Å². The van der Waals surface area contributed by atoms with Crippen molar-refractivity contribution in [3.63, 3.8) is 0 Å². The minimum atomic E-state index is -0.579. The standard InChI is InChI=1S/C16H18O4/c1-4-7-19-12-5-6-13-11(3)14(8-10(2)17)16(18)20-15(13)9-12/h4-6,9-10,17H,1,7-8H2,2-3H3/t10-/m0/s1. The molecule has 106 valence electrons. The van der Waals surface area contributed by atoms with Gasteiger partial charge >= 0.3 is 5.63 Å². The van der Waals surface area contributed by atoms with Crippen LogP contribution < -0.4 is 10.4 Å². The Morgan fingerprint density at radius 1 is 1.50 bits per heavy atom. The fraction of sp³-hybridized carbons (Fsp3) is 0.312. The van der Waals surface area contributed by atoms with Crippen molar-refractivity contribution in [2.24, 2.45) is 0 Å². The van der Waals surface area contributed by atoms with Gasteiger partial charge in [0.05, 0.1) is 6.10 Å². The number of aliphatic hydroxyl groups excluding tert-OH is 1. The summed E-state index contributed by atoms with van der Waals surface area (Å²) in [5.74, 6) is 0.628. The second-order valence-electron chi connectivity index (χ2n) is 4.80. The van der Waals surface area contributed by atoms with E-state index in [1.165, 1.54) is 0 Å². The first-order valence-corrected chi connectivity index (χ1v) is 6.51. The monoisotopic (exact) mass is 274 g/mol. The summed E-state index contributed by atoms with van der Waals surface area (Å²) < 4.78 is 10.7. The summed E-state index contributed by atoms with van der Waals surface area (Å²) in [6, 6.07) is 5.38. The molecule has 0 saturated carbocycles. The molecule has 0 radical (unpaired) electrons. The number of hydrogen-bond donors (Lipinski definition) is 1. The van der Waals surface area contributed by atoms with E-state index in [-0.39, 0.29) is 0 Å². The maximum atomic E-state index is 12.0. The number of hydrogen-bond acceptors (Lipinski definition) is 4. The van der Waals surface area contributed by atoms with Gasteiger partial charge in [0.2, 0.25) is 0 Å². The van der Waals surface area contributed by atoms with E-state index in [1.54, 1.807) is 19.1 Å². The molecule has 0 spiro atoms. The van der Waals surface area contributed by atoms with E-state index in [0.29, 0.717) is 29.9 Å². The summed E-state index contributed by atoms with van der Waals surface area (Å²) in [5.41, 5.74) is 1.44. The molecule has 0 aliphatic carbocycles. The third kappa shape index (κ3) is 2.91. The molecule has 1 aromatic heterocycles. The molecule has 2 rings (SSSR count). The summed E-state index contributed by atoms with van der Waals surface area (Å²) in [6.07, 6.45) is 1.36. The van der Waals surface area contributed by atoms with E-state index < -0.39 is 11.7 Å². The smallest absolute Gasteiger partial charge is 0.339 e.